The van der Waals surface area contributed by atoms with Crippen LogP contribution in [0, 0.1) is 6.92 Å². The molecule has 0 bridgehead atoms. The van der Waals surface area contributed by atoms with Crippen LogP contribution in [0.4, 0.5) is 11.4 Å². The number of hydrogen-bond acceptors (Lipinski definition) is 4. The average molecular weight is 292 g/mol. The molecule has 3 N–H and O–H groups in total. The summed E-state index contributed by atoms with van der Waals surface area (Å²) in [6.45, 7) is 1.82. The van der Waals surface area contributed by atoms with Crippen LogP contribution >= 0.6 is 0 Å². The van der Waals surface area contributed by atoms with Crippen molar-refractivity contribution in [3.05, 3.63) is 48.0 Å². The van der Waals surface area contributed by atoms with Crippen LogP contribution in [0.3, 0.4) is 0 Å². The van der Waals surface area contributed by atoms with E-state index in [0.717, 1.165) is 5.56 Å². The molecule has 2 rings (SSSR count). The van der Waals surface area contributed by atoms with Crippen LogP contribution in [0.15, 0.2) is 47.4 Å². The molecule has 5 nitrogen and oxygen atoms in total. The fourth-order valence-corrected chi connectivity index (χ4v) is 2.77. The third-order valence-corrected chi connectivity index (χ3v) is 4.26. The first kappa shape index (κ1) is 14.2. The quantitative estimate of drug-likeness (QED) is 0.848. The first-order chi connectivity index (χ1) is 9.42. The van der Waals surface area contributed by atoms with E-state index in [0.29, 0.717) is 17.1 Å². The molecular formula is C14H16N2O3S. The Morgan fingerprint density at radius 3 is 2.55 bits per heavy atom. The number of methoxy groups -OCH3 is 1. The Hall–Kier alpha value is -2.21. The zero-order valence-corrected chi connectivity index (χ0v) is 12.1. The van der Waals surface area contributed by atoms with Gasteiger partial charge in [-0.3, -0.25) is 4.72 Å². The van der Waals surface area contributed by atoms with Crippen LogP contribution in [-0.4, -0.2) is 15.5 Å². The maximum atomic E-state index is 12.3. The summed E-state index contributed by atoms with van der Waals surface area (Å²) in [5, 5.41) is 0. The van der Waals surface area contributed by atoms with Gasteiger partial charge in [0, 0.05) is 11.8 Å². The molecule has 2 aromatic rings. The lowest BCUT2D eigenvalue weighted by Crippen LogP contribution is -2.13. The van der Waals surface area contributed by atoms with Gasteiger partial charge in [0.15, 0.2) is 0 Å². The molecule has 0 heterocycles. The normalized spacial score (nSPS) is 11.1. The minimum absolute atomic E-state index is 0.128. The predicted octanol–water partition coefficient (Wildman–Crippen LogP) is 2.39. The van der Waals surface area contributed by atoms with Gasteiger partial charge in [-0.2, -0.15) is 0 Å². The average Bonchev–Trinajstić information content (AvgIpc) is 2.41. The van der Waals surface area contributed by atoms with Crippen LogP contribution in [0.5, 0.6) is 5.75 Å². The zero-order valence-electron chi connectivity index (χ0n) is 11.3. The SMILES string of the molecule is COc1cccc(NS(=O)(=O)c2ccc(C)c(N)c2)c1. The van der Waals surface area contributed by atoms with Gasteiger partial charge in [0.2, 0.25) is 0 Å². The lowest BCUT2D eigenvalue weighted by Gasteiger charge is -2.10. The molecule has 2 aromatic carbocycles. The van der Waals surface area contributed by atoms with Gasteiger partial charge in [-0.15, -0.1) is 0 Å². The summed E-state index contributed by atoms with van der Waals surface area (Å²) in [6.07, 6.45) is 0. The van der Waals surface area contributed by atoms with Gasteiger partial charge in [0.25, 0.3) is 10.0 Å². The Labute approximate surface area is 118 Å². The van der Waals surface area contributed by atoms with Crippen LogP contribution in [0.2, 0.25) is 0 Å². The Morgan fingerprint density at radius 2 is 1.90 bits per heavy atom. The van der Waals surface area contributed by atoms with Crippen LogP contribution in [-0.2, 0) is 10.0 Å². The highest BCUT2D eigenvalue weighted by atomic mass is 32.2. The minimum Gasteiger partial charge on any atom is -0.497 e. The molecule has 0 saturated carbocycles. The van der Waals surface area contributed by atoms with Crippen molar-refractivity contribution >= 4 is 21.4 Å². The first-order valence-corrected chi connectivity index (χ1v) is 7.44. The molecule has 0 amide bonds. The van der Waals surface area contributed by atoms with Crippen molar-refractivity contribution in [1.29, 1.82) is 0 Å². The predicted molar refractivity (Wildman–Crippen MR) is 79.4 cm³/mol. The van der Waals surface area contributed by atoms with E-state index in [-0.39, 0.29) is 4.90 Å². The van der Waals surface area contributed by atoms with Crippen molar-refractivity contribution in [3.8, 4) is 5.75 Å². The molecule has 0 fully saturated rings. The summed E-state index contributed by atoms with van der Waals surface area (Å²) >= 11 is 0. The molecule has 0 aromatic heterocycles. The summed E-state index contributed by atoms with van der Waals surface area (Å²) in [7, 11) is -2.14. The number of ether oxygens (including phenoxy) is 1. The maximum Gasteiger partial charge on any atom is 0.261 e. The molecule has 6 heteroatoms. The highest BCUT2D eigenvalue weighted by Crippen LogP contribution is 2.22. The van der Waals surface area contributed by atoms with Gasteiger partial charge in [0.05, 0.1) is 17.7 Å². The molecule has 0 aliphatic rings. The lowest BCUT2D eigenvalue weighted by molar-refractivity contribution is 0.415. The second-order valence-corrected chi connectivity index (χ2v) is 6.04. The maximum absolute atomic E-state index is 12.3. The van der Waals surface area contributed by atoms with E-state index in [2.05, 4.69) is 4.72 Å². The molecule has 0 spiro atoms. The molecule has 0 aliphatic carbocycles. The Balaban J connectivity index is 2.32. The topological polar surface area (TPSA) is 81.4 Å². The molecule has 0 saturated heterocycles. The van der Waals surface area contributed by atoms with E-state index in [1.807, 2.05) is 6.92 Å². The highest BCUT2D eigenvalue weighted by Gasteiger charge is 2.15. The summed E-state index contributed by atoms with van der Waals surface area (Å²) in [5.74, 6) is 0.577. The molecular weight excluding hydrogens is 276 g/mol. The van der Waals surface area contributed by atoms with E-state index < -0.39 is 10.0 Å². The van der Waals surface area contributed by atoms with Crippen molar-refractivity contribution in [3.63, 3.8) is 0 Å². The number of sulfonamides is 1. The summed E-state index contributed by atoms with van der Waals surface area (Å²) in [6, 6.07) is 11.3. The number of nitrogens with one attached hydrogen (secondary N) is 1. The third-order valence-electron chi connectivity index (χ3n) is 2.88. The van der Waals surface area contributed by atoms with Crippen molar-refractivity contribution < 1.29 is 13.2 Å². The van der Waals surface area contributed by atoms with Gasteiger partial charge in [-0.1, -0.05) is 12.1 Å². The standard InChI is InChI=1S/C14H16N2O3S/c1-10-6-7-13(9-14(10)15)20(17,18)16-11-4-3-5-12(8-11)19-2/h3-9,16H,15H2,1-2H3. The monoisotopic (exact) mass is 292 g/mol. The fraction of sp³-hybridized carbons (Fsp3) is 0.143. The number of nitrogens with two attached hydrogens (primary N) is 1. The van der Waals surface area contributed by atoms with E-state index in [4.69, 9.17) is 10.5 Å². The number of anilines is 2. The smallest absolute Gasteiger partial charge is 0.261 e. The molecule has 0 unspecified atom stereocenters. The number of hydrogen-bond donors (Lipinski definition) is 2. The first-order valence-electron chi connectivity index (χ1n) is 5.95. The summed E-state index contributed by atoms with van der Waals surface area (Å²) in [4.78, 5) is 0.128. The Bertz CT molecular complexity index is 727. The van der Waals surface area contributed by atoms with Gasteiger partial charge < -0.3 is 10.5 Å². The fourth-order valence-electron chi connectivity index (χ4n) is 1.69. The van der Waals surface area contributed by atoms with Gasteiger partial charge in [-0.25, -0.2) is 8.42 Å². The van der Waals surface area contributed by atoms with Crippen molar-refractivity contribution in [2.45, 2.75) is 11.8 Å². The molecule has 0 radical (unpaired) electrons. The molecule has 0 atom stereocenters. The second-order valence-electron chi connectivity index (χ2n) is 4.36. The van der Waals surface area contributed by atoms with E-state index in [1.54, 1.807) is 30.3 Å². The minimum atomic E-state index is -3.66. The Kier molecular flexibility index (Phi) is 3.85. The number of benzene rings is 2. The number of rotatable bonds is 4. The van der Waals surface area contributed by atoms with Crippen molar-refractivity contribution in [1.82, 2.24) is 0 Å². The van der Waals surface area contributed by atoms with E-state index in [1.165, 1.54) is 19.2 Å². The van der Waals surface area contributed by atoms with Gasteiger partial charge in [-0.05, 0) is 36.8 Å². The van der Waals surface area contributed by atoms with Gasteiger partial charge in [0.1, 0.15) is 5.75 Å². The van der Waals surface area contributed by atoms with Crippen LogP contribution in [0.1, 0.15) is 5.56 Å². The van der Waals surface area contributed by atoms with Gasteiger partial charge >= 0.3 is 0 Å². The number of aryl methyl sites for hydroxylation is 1. The molecule has 0 aliphatic heterocycles. The molecule has 106 valence electrons. The summed E-state index contributed by atoms with van der Waals surface area (Å²) in [5.41, 5.74) is 7.46. The van der Waals surface area contributed by atoms with Crippen LogP contribution in [0.25, 0.3) is 0 Å². The zero-order chi connectivity index (χ0) is 14.8. The lowest BCUT2D eigenvalue weighted by atomic mass is 10.2. The third kappa shape index (κ3) is 3.03. The largest absolute Gasteiger partial charge is 0.497 e. The summed E-state index contributed by atoms with van der Waals surface area (Å²) < 4.78 is 32.1. The van der Waals surface area contributed by atoms with E-state index >= 15 is 0 Å². The highest BCUT2D eigenvalue weighted by molar-refractivity contribution is 7.92. The van der Waals surface area contributed by atoms with E-state index in [9.17, 15) is 8.42 Å². The Morgan fingerprint density at radius 1 is 1.15 bits per heavy atom. The second kappa shape index (κ2) is 5.42. The van der Waals surface area contributed by atoms with Crippen molar-refractivity contribution in [2.24, 2.45) is 0 Å². The van der Waals surface area contributed by atoms with Crippen molar-refractivity contribution in [2.75, 3.05) is 17.6 Å². The number of nitrogen functional groups attached to an aromatic ring is 1. The molecule has 20 heavy (non-hydrogen) atoms. The van der Waals surface area contributed by atoms with Crippen LogP contribution < -0.4 is 15.2 Å².